The molecule has 0 aliphatic carbocycles. The van der Waals surface area contributed by atoms with Crippen LogP contribution in [0.3, 0.4) is 0 Å². The van der Waals surface area contributed by atoms with Crippen LogP contribution < -0.4 is 0 Å². The number of benzene rings is 1. The zero-order valence-electron chi connectivity index (χ0n) is 18.3. The predicted molar refractivity (Wildman–Crippen MR) is 119 cm³/mol. The summed E-state index contributed by atoms with van der Waals surface area (Å²) in [6.45, 7) is 24.0. The minimum Gasteiger partial charge on any atom is -0.238 e. The quantitative estimate of drug-likeness (QED) is 0.444. The molecule has 0 saturated heterocycles. The van der Waals surface area contributed by atoms with Crippen LogP contribution in [-0.4, -0.2) is 0 Å². The van der Waals surface area contributed by atoms with Gasteiger partial charge in [-0.05, 0) is 67.9 Å². The average Bonchev–Trinajstić information content (AvgIpc) is 2.58. The van der Waals surface area contributed by atoms with Gasteiger partial charge in [0, 0.05) is 0 Å². The Labute approximate surface area is 165 Å². The summed E-state index contributed by atoms with van der Waals surface area (Å²) in [4.78, 5) is 0. The Kier molecular flexibility index (Phi) is 7.37. The van der Waals surface area contributed by atoms with Crippen molar-refractivity contribution in [1.29, 1.82) is 0 Å². The highest BCUT2D eigenvalue weighted by molar-refractivity contribution is 5.83. The van der Waals surface area contributed by atoms with Gasteiger partial charge < -0.3 is 0 Å². The summed E-state index contributed by atoms with van der Waals surface area (Å²) in [6.07, 6.45) is 5.98. The molecule has 1 unspecified atom stereocenters. The molecule has 1 heteroatoms. The molecule has 0 aliphatic heterocycles. The summed E-state index contributed by atoms with van der Waals surface area (Å²) in [6, 6.07) is 7.63. The second-order valence-electron chi connectivity index (χ2n) is 8.59. The second-order valence-corrected chi connectivity index (χ2v) is 8.59. The van der Waals surface area contributed by atoms with Crippen LogP contribution >= 0.6 is 0 Å². The number of alkyl halides is 1. The molecule has 0 spiro atoms. The fourth-order valence-corrected chi connectivity index (χ4v) is 2.73. The normalized spacial score (nSPS) is 15.1. The molecule has 0 radical (unpaired) electrons. The number of halogens is 1. The smallest absolute Gasteiger partial charge is 0.138 e. The molecule has 0 amide bonds. The van der Waals surface area contributed by atoms with Crippen molar-refractivity contribution in [2.75, 3.05) is 0 Å². The van der Waals surface area contributed by atoms with E-state index in [1.165, 1.54) is 11.1 Å². The van der Waals surface area contributed by atoms with Gasteiger partial charge in [-0.1, -0.05) is 87.6 Å². The lowest BCUT2D eigenvalue weighted by Crippen LogP contribution is -2.33. The van der Waals surface area contributed by atoms with E-state index in [1.54, 1.807) is 6.92 Å². The lowest BCUT2D eigenvalue weighted by Gasteiger charge is -2.36. The van der Waals surface area contributed by atoms with Gasteiger partial charge in [-0.25, -0.2) is 4.39 Å². The van der Waals surface area contributed by atoms with E-state index in [1.807, 2.05) is 58.0 Å². The third-order valence-corrected chi connectivity index (χ3v) is 5.49. The molecular formula is C26H35F. The summed E-state index contributed by atoms with van der Waals surface area (Å²) in [5, 5.41) is 0. The van der Waals surface area contributed by atoms with Gasteiger partial charge >= 0.3 is 0 Å². The maximum absolute atomic E-state index is 15.8. The highest BCUT2D eigenvalue weighted by Crippen LogP contribution is 2.45. The molecule has 0 aliphatic rings. The van der Waals surface area contributed by atoms with Crippen molar-refractivity contribution in [2.45, 2.75) is 61.1 Å². The van der Waals surface area contributed by atoms with Crippen molar-refractivity contribution in [3.8, 4) is 0 Å². The Morgan fingerprint density at radius 2 is 1.44 bits per heavy atom. The molecule has 0 bridgehead atoms. The number of hydrogen-bond acceptors (Lipinski definition) is 0. The molecule has 1 atom stereocenters. The van der Waals surface area contributed by atoms with Gasteiger partial charge in [0.2, 0.25) is 0 Å². The van der Waals surface area contributed by atoms with E-state index >= 15 is 4.39 Å². The van der Waals surface area contributed by atoms with Crippen molar-refractivity contribution in [3.05, 3.63) is 89.1 Å². The zero-order valence-corrected chi connectivity index (χ0v) is 18.3. The molecule has 0 heterocycles. The van der Waals surface area contributed by atoms with E-state index in [-0.39, 0.29) is 0 Å². The first kappa shape index (κ1) is 22.9. The monoisotopic (exact) mass is 366 g/mol. The molecule has 0 saturated carbocycles. The van der Waals surface area contributed by atoms with Crippen molar-refractivity contribution in [2.24, 2.45) is 5.41 Å². The predicted octanol–water partition coefficient (Wildman–Crippen LogP) is 8.35. The number of allylic oxidation sites excluding steroid dienone is 8. The molecule has 1 aromatic rings. The second kappa shape index (κ2) is 8.69. The summed E-state index contributed by atoms with van der Waals surface area (Å²) in [5.41, 5.74) is 4.78. The van der Waals surface area contributed by atoms with Crippen LogP contribution in [0.15, 0.2) is 77.9 Å². The number of rotatable bonds is 6. The lowest BCUT2D eigenvalue weighted by atomic mass is 9.72. The van der Waals surface area contributed by atoms with Crippen LogP contribution in [-0.2, 0) is 5.67 Å². The molecular weight excluding hydrogens is 331 g/mol. The first-order valence-corrected chi connectivity index (χ1v) is 9.48. The Hall–Kier alpha value is -2.15. The van der Waals surface area contributed by atoms with Gasteiger partial charge in [-0.2, -0.15) is 0 Å². The van der Waals surface area contributed by atoms with Crippen LogP contribution in [0.2, 0.25) is 0 Å². The average molecular weight is 367 g/mol. The Morgan fingerprint density at radius 1 is 0.926 bits per heavy atom. The van der Waals surface area contributed by atoms with Gasteiger partial charge in [-0.15, -0.1) is 0 Å². The third-order valence-electron chi connectivity index (χ3n) is 5.49. The SMILES string of the molecule is C=C/C(C(=C)c1ccccc1C(C)(F)C(C)(C)C)=C(C)/C=C\C(C)=C(C)C. The van der Waals surface area contributed by atoms with E-state index in [9.17, 15) is 0 Å². The van der Waals surface area contributed by atoms with Gasteiger partial charge in [0.05, 0.1) is 0 Å². The van der Waals surface area contributed by atoms with Gasteiger partial charge in [0.1, 0.15) is 5.67 Å². The highest BCUT2D eigenvalue weighted by Gasteiger charge is 2.41. The topological polar surface area (TPSA) is 0 Å². The van der Waals surface area contributed by atoms with E-state index in [0.717, 1.165) is 22.3 Å². The standard InChI is InChI=1S/C26H35F/c1-11-22(20(5)17-16-19(4)18(2)3)21(6)23-14-12-13-15-24(23)26(10,27)25(7,8)9/h11-17H,1,6H2,2-5,7-10H3/b17-16-,22-20-. The summed E-state index contributed by atoms with van der Waals surface area (Å²) in [5.74, 6) is 0. The molecule has 0 N–H and O–H groups in total. The number of hydrogen-bond donors (Lipinski definition) is 0. The van der Waals surface area contributed by atoms with Crippen LogP contribution in [0, 0.1) is 5.41 Å². The maximum atomic E-state index is 15.8. The van der Waals surface area contributed by atoms with Crippen LogP contribution in [0.5, 0.6) is 0 Å². The van der Waals surface area contributed by atoms with E-state index in [4.69, 9.17) is 0 Å². The van der Waals surface area contributed by atoms with Crippen molar-refractivity contribution in [3.63, 3.8) is 0 Å². The third kappa shape index (κ3) is 5.19. The summed E-state index contributed by atoms with van der Waals surface area (Å²) < 4.78 is 15.8. The molecule has 1 aromatic carbocycles. The first-order chi connectivity index (χ1) is 12.3. The van der Waals surface area contributed by atoms with Crippen LogP contribution in [0.25, 0.3) is 5.57 Å². The largest absolute Gasteiger partial charge is 0.238 e. The lowest BCUT2D eigenvalue weighted by molar-refractivity contribution is 0.0450. The van der Waals surface area contributed by atoms with E-state index in [2.05, 4.69) is 46.1 Å². The molecule has 0 nitrogen and oxygen atoms in total. The fourth-order valence-electron chi connectivity index (χ4n) is 2.73. The molecule has 1 rings (SSSR count). The highest BCUT2D eigenvalue weighted by atomic mass is 19.1. The zero-order chi connectivity index (χ0) is 21.0. The molecule has 0 aromatic heterocycles. The minimum atomic E-state index is -1.48. The van der Waals surface area contributed by atoms with Gasteiger partial charge in [-0.3, -0.25) is 0 Å². The first-order valence-electron chi connectivity index (χ1n) is 9.48. The Balaban J connectivity index is 3.51. The minimum absolute atomic E-state index is 0.531. The van der Waals surface area contributed by atoms with Crippen LogP contribution in [0.4, 0.5) is 4.39 Å². The Bertz CT molecular complexity index is 801. The Morgan fingerprint density at radius 3 is 1.93 bits per heavy atom. The van der Waals surface area contributed by atoms with E-state index < -0.39 is 11.1 Å². The van der Waals surface area contributed by atoms with E-state index in [0.29, 0.717) is 5.56 Å². The van der Waals surface area contributed by atoms with Crippen LogP contribution in [0.1, 0.15) is 66.5 Å². The summed E-state index contributed by atoms with van der Waals surface area (Å²) >= 11 is 0. The molecule has 146 valence electrons. The van der Waals surface area contributed by atoms with Crippen molar-refractivity contribution < 1.29 is 4.39 Å². The van der Waals surface area contributed by atoms with Gasteiger partial charge in [0.15, 0.2) is 0 Å². The van der Waals surface area contributed by atoms with Gasteiger partial charge in [0.25, 0.3) is 0 Å². The fraction of sp³-hybridized carbons (Fsp3) is 0.385. The van der Waals surface area contributed by atoms with Crippen molar-refractivity contribution >= 4 is 5.57 Å². The maximum Gasteiger partial charge on any atom is 0.138 e. The molecule has 0 fully saturated rings. The summed E-state index contributed by atoms with van der Waals surface area (Å²) in [7, 11) is 0. The molecule has 27 heavy (non-hydrogen) atoms. The van der Waals surface area contributed by atoms with Crippen molar-refractivity contribution in [1.82, 2.24) is 0 Å².